The number of hydrogen-bond donors (Lipinski definition) is 1. The fraction of sp³-hybridized carbons (Fsp3) is 0.500. The van der Waals surface area contributed by atoms with Gasteiger partial charge in [-0.15, -0.1) is 6.58 Å². The van der Waals surface area contributed by atoms with Crippen LogP contribution in [0.3, 0.4) is 0 Å². The van der Waals surface area contributed by atoms with Gasteiger partial charge in [-0.1, -0.05) is 6.08 Å². The lowest BCUT2D eigenvalue weighted by Crippen LogP contribution is -2.47. The predicted molar refractivity (Wildman–Crippen MR) is 32.3 cm³/mol. The highest BCUT2D eigenvalue weighted by Gasteiger charge is 2.61. The summed E-state index contributed by atoms with van der Waals surface area (Å²) >= 11 is 0. The zero-order valence-electron chi connectivity index (χ0n) is 5.86. The molecule has 0 amide bonds. The van der Waals surface area contributed by atoms with Crippen LogP contribution >= 0.6 is 0 Å². The van der Waals surface area contributed by atoms with E-state index < -0.39 is 24.2 Å². The molecule has 0 fully saturated rings. The molecule has 12 heavy (non-hydrogen) atoms. The van der Waals surface area contributed by atoms with Crippen molar-refractivity contribution in [1.82, 2.24) is 0 Å². The molecule has 0 aromatic heterocycles. The Hall–Kier alpha value is -1.07. The van der Waals surface area contributed by atoms with Gasteiger partial charge in [0.1, 0.15) is 0 Å². The molecule has 6 heteroatoms. The highest BCUT2D eigenvalue weighted by molar-refractivity contribution is 5.78. The average Bonchev–Trinajstić information content (AvgIpc) is 1.85. The number of hydrogen-bond acceptors (Lipinski definition) is 1. The standard InChI is InChI=1S/C6H6F4O2/c1-2-3-5(7,4(11)12)6(8,9)10/h2H,1,3H2,(H,11,12). The van der Waals surface area contributed by atoms with E-state index in [1.807, 2.05) is 0 Å². The van der Waals surface area contributed by atoms with Crippen LogP contribution in [0.5, 0.6) is 0 Å². The van der Waals surface area contributed by atoms with Crippen molar-refractivity contribution in [2.24, 2.45) is 0 Å². The number of rotatable bonds is 3. The highest BCUT2D eigenvalue weighted by atomic mass is 19.4. The van der Waals surface area contributed by atoms with Crippen LogP contribution < -0.4 is 0 Å². The molecular weight excluding hydrogens is 180 g/mol. The van der Waals surface area contributed by atoms with Crippen molar-refractivity contribution < 1.29 is 27.5 Å². The molecule has 2 nitrogen and oxygen atoms in total. The van der Waals surface area contributed by atoms with Crippen LogP contribution in [0, 0.1) is 0 Å². The van der Waals surface area contributed by atoms with Crippen LogP contribution in [0.25, 0.3) is 0 Å². The molecule has 0 saturated carbocycles. The van der Waals surface area contributed by atoms with Crippen LogP contribution in [0.15, 0.2) is 12.7 Å². The summed E-state index contributed by atoms with van der Waals surface area (Å²) in [6.45, 7) is 2.84. The van der Waals surface area contributed by atoms with Crippen molar-refractivity contribution in [2.75, 3.05) is 0 Å². The third-order valence-electron chi connectivity index (χ3n) is 1.21. The van der Waals surface area contributed by atoms with Gasteiger partial charge in [-0.3, -0.25) is 0 Å². The van der Waals surface area contributed by atoms with Gasteiger partial charge in [0.15, 0.2) is 0 Å². The molecule has 1 atom stereocenters. The van der Waals surface area contributed by atoms with Gasteiger partial charge in [-0.05, 0) is 0 Å². The second kappa shape index (κ2) is 3.12. The lowest BCUT2D eigenvalue weighted by Gasteiger charge is -2.21. The first-order valence-corrected chi connectivity index (χ1v) is 2.85. The molecule has 0 aliphatic carbocycles. The summed E-state index contributed by atoms with van der Waals surface area (Å²) in [5.74, 6) is -2.55. The van der Waals surface area contributed by atoms with Crippen molar-refractivity contribution in [3.63, 3.8) is 0 Å². The maximum Gasteiger partial charge on any atom is 0.433 e. The SMILES string of the molecule is C=CCC(F)(C(=O)O)C(F)(F)F. The molecule has 1 unspecified atom stereocenters. The molecule has 1 N–H and O–H groups in total. The molecular formula is C6H6F4O2. The predicted octanol–water partition coefficient (Wildman–Crippen LogP) is 1.92. The van der Waals surface area contributed by atoms with Crippen molar-refractivity contribution in [2.45, 2.75) is 18.3 Å². The summed E-state index contributed by atoms with van der Waals surface area (Å²) in [6.07, 6.45) is -6.12. The average molecular weight is 186 g/mol. The van der Waals surface area contributed by atoms with E-state index in [0.29, 0.717) is 6.08 Å². The van der Waals surface area contributed by atoms with Crippen molar-refractivity contribution in [3.05, 3.63) is 12.7 Å². The van der Waals surface area contributed by atoms with E-state index in [4.69, 9.17) is 5.11 Å². The van der Waals surface area contributed by atoms with E-state index in [1.165, 1.54) is 0 Å². The fourth-order valence-corrected chi connectivity index (χ4v) is 0.523. The summed E-state index contributed by atoms with van der Waals surface area (Å²) in [5.41, 5.74) is -4.21. The number of alkyl halides is 4. The van der Waals surface area contributed by atoms with Crippen molar-refractivity contribution in [1.29, 1.82) is 0 Å². The normalized spacial score (nSPS) is 16.7. The van der Waals surface area contributed by atoms with Gasteiger partial charge in [0.2, 0.25) is 0 Å². The molecule has 0 rings (SSSR count). The Balaban J connectivity index is 4.86. The first kappa shape index (κ1) is 10.9. The lowest BCUT2D eigenvalue weighted by atomic mass is 10.0. The van der Waals surface area contributed by atoms with E-state index in [9.17, 15) is 22.4 Å². The van der Waals surface area contributed by atoms with Gasteiger partial charge in [0.05, 0.1) is 0 Å². The minimum atomic E-state index is -5.41. The molecule has 0 radical (unpaired) electrons. The van der Waals surface area contributed by atoms with Gasteiger partial charge in [0, 0.05) is 6.42 Å². The maximum atomic E-state index is 12.6. The molecule has 0 bridgehead atoms. The molecule has 0 spiro atoms. The summed E-state index contributed by atoms with van der Waals surface area (Å²) in [5, 5.41) is 7.96. The fourth-order valence-electron chi connectivity index (χ4n) is 0.523. The Labute approximate surface area is 65.5 Å². The van der Waals surface area contributed by atoms with Crippen molar-refractivity contribution >= 4 is 5.97 Å². The van der Waals surface area contributed by atoms with Gasteiger partial charge in [-0.25, -0.2) is 9.18 Å². The van der Waals surface area contributed by atoms with Crippen LogP contribution in [0.4, 0.5) is 17.6 Å². The van der Waals surface area contributed by atoms with E-state index in [2.05, 4.69) is 6.58 Å². The first-order chi connectivity index (χ1) is 5.25. The zero-order chi connectivity index (χ0) is 9.99. The Kier molecular flexibility index (Phi) is 2.84. The topological polar surface area (TPSA) is 37.3 Å². The number of halogens is 4. The second-order valence-corrected chi connectivity index (χ2v) is 2.10. The number of carbonyl (C=O) groups is 1. The van der Waals surface area contributed by atoms with E-state index in [-0.39, 0.29) is 0 Å². The molecule has 0 aliphatic rings. The molecule has 0 saturated heterocycles. The van der Waals surface area contributed by atoms with Crippen LogP contribution in [0.2, 0.25) is 0 Å². The smallest absolute Gasteiger partial charge is 0.433 e. The largest absolute Gasteiger partial charge is 0.479 e. The Morgan fingerprint density at radius 1 is 1.42 bits per heavy atom. The number of aliphatic carboxylic acids is 1. The van der Waals surface area contributed by atoms with Gasteiger partial charge in [-0.2, -0.15) is 13.2 Å². The minimum Gasteiger partial charge on any atom is -0.479 e. The first-order valence-electron chi connectivity index (χ1n) is 2.85. The van der Waals surface area contributed by atoms with Gasteiger partial charge in [0.25, 0.3) is 0 Å². The Morgan fingerprint density at radius 3 is 1.92 bits per heavy atom. The van der Waals surface area contributed by atoms with Gasteiger partial charge >= 0.3 is 17.8 Å². The zero-order valence-corrected chi connectivity index (χ0v) is 5.86. The minimum absolute atomic E-state index is 0.571. The summed E-state index contributed by atoms with van der Waals surface area (Å²) in [6, 6.07) is 0. The summed E-state index contributed by atoms with van der Waals surface area (Å²) in [4.78, 5) is 9.92. The molecule has 0 heterocycles. The summed E-state index contributed by atoms with van der Waals surface area (Å²) in [7, 11) is 0. The lowest BCUT2D eigenvalue weighted by molar-refractivity contribution is -0.235. The van der Waals surface area contributed by atoms with Crippen molar-refractivity contribution in [3.8, 4) is 0 Å². The number of carboxylic acid groups (broad SMARTS) is 1. The number of allylic oxidation sites excluding steroid dienone is 1. The van der Waals surface area contributed by atoms with E-state index in [0.717, 1.165) is 0 Å². The van der Waals surface area contributed by atoms with Crippen LogP contribution in [-0.2, 0) is 4.79 Å². The Bertz CT molecular complexity index is 198. The quantitative estimate of drug-likeness (QED) is 0.540. The van der Waals surface area contributed by atoms with Gasteiger partial charge < -0.3 is 5.11 Å². The monoisotopic (exact) mass is 186 g/mol. The van der Waals surface area contributed by atoms with E-state index >= 15 is 0 Å². The molecule has 0 aliphatic heterocycles. The summed E-state index contributed by atoms with van der Waals surface area (Å²) < 4.78 is 47.8. The second-order valence-electron chi connectivity index (χ2n) is 2.10. The molecule has 70 valence electrons. The van der Waals surface area contributed by atoms with Crippen LogP contribution in [0.1, 0.15) is 6.42 Å². The number of carboxylic acids is 1. The highest BCUT2D eigenvalue weighted by Crippen LogP contribution is 2.37. The molecule has 0 aromatic rings. The Morgan fingerprint density at radius 2 is 1.83 bits per heavy atom. The molecule has 0 aromatic carbocycles. The third kappa shape index (κ3) is 1.75. The maximum absolute atomic E-state index is 12.6. The van der Waals surface area contributed by atoms with E-state index in [1.54, 1.807) is 0 Å². The van der Waals surface area contributed by atoms with Crippen LogP contribution in [-0.4, -0.2) is 22.9 Å². The third-order valence-corrected chi connectivity index (χ3v) is 1.21.